The first-order valence-electron chi connectivity index (χ1n) is 5.35. The highest BCUT2D eigenvalue weighted by Crippen LogP contribution is 2.14. The van der Waals surface area contributed by atoms with Gasteiger partial charge in [0.25, 0.3) is 5.91 Å². The Morgan fingerprint density at radius 1 is 1.33 bits per heavy atom. The molecule has 2 aromatic heterocycles. The van der Waals surface area contributed by atoms with Crippen LogP contribution in [0, 0.1) is 6.92 Å². The second kappa shape index (κ2) is 5.24. The van der Waals surface area contributed by atoms with E-state index in [1.54, 1.807) is 18.3 Å². The van der Waals surface area contributed by atoms with Gasteiger partial charge in [0.1, 0.15) is 5.82 Å². The largest absolute Gasteiger partial charge is 0.322 e. The molecule has 0 aliphatic carbocycles. The highest BCUT2D eigenvalue weighted by atomic mass is 16.1. The zero-order chi connectivity index (χ0) is 13.0. The molecule has 0 aromatic carbocycles. The van der Waals surface area contributed by atoms with Gasteiger partial charge in [-0.3, -0.25) is 15.6 Å². The van der Waals surface area contributed by atoms with E-state index in [0.29, 0.717) is 17.1 Å². The second-order valence-electron chi connectivity index (χ2n) is 3.74. The topological polar surface area (TPSA) is 92.9 Å². The number of rotatable bonds is 3. The average molecular weight is 243 g/mol. The summed E-state index contributed by atoms with van der Waals surface area (Å²) in [4.78, 5) is 20.0. The third kappa shape index (κ3) is 2.61. The minimum Gasteiger partial charge on any atom is -0.322 e. The number of nitrogens with two attached hydrogens (primary N) is 1. The Morgan fingerprint density at radius 3 is 2.89 bits per heavy atom. The van der Waals surface area contributed by atoms with Gasteiger partial charge in [-0.25, -0.2) is 4.98 Å². The standard InChI is InChI=1S/C12H13N5O/c1-8-2-5-15-11(6-8)16-12(18)9-3-4-14-7-10(9)17-13/h2-7,17H,13H2,1H3,(H,15,16,18). The lowest BCUT2D eigenvalue weighted by Gasteiger charge is -2.08. The fourth-order valence-electron chi connectivity index (χ4n) is 1.50. The summed E-state index contributed by atoms with van der Waals surface area (Å²) >= 11 is 0. The fourth-order valence-corrected chi connectivity index (χ4v) is 1.50. The molecule has 0 unspecified atom stereocenters. The molecule has 18 heavy (non-hydrogen) atoms. The van der Waals surface area contributed by atoms with E-state index in [0.717, 1.165) is 5.56 Å². The van der Waals surface area contributed by atoms with Crippen LogP contribution >= 0.6 is 0 Å². The summed E-state index contributed by atoms with van der Waals surface area (Å²) < 4.78 is 0. The Morgan fingerprint density at radius 2 is 2.17 bits per heavy atom. The van der Waals surface area contributed by atoms with Gasteiger partial charge in [-0.05, 0) is 30.7 Å². The molecule has 1 amide bonds. The highest BCUT2D eigenvalue weighted by molar-refractivity contribution is 6.07. The predicted octanol–water partition coefficient (Wildman–Crippen LogP) is 1.32. The number of hydrogen-bond acceptors (Lipinski definition) is 5. The van der Waals surface area contributed by atoms with Crippen molar-refractivity contribution in [1.82, 2.24) is 9.97 Å². The molecule has 0 aliphatic rings. The Kier molecular flexibility index (Phi) is 3.49. The molecule has 0 radical (unpaired) electrons. The molecule has 4 N–H and O–H groups in total. The van der Waals surface area contributed by atoms with E-state index < -0.39 is 0 Å². The quantitative estimate of drug-likeness (QED) is 0.558. The van der Waals surface area contributed by atoms with Crippen LogP contribution in [0.25, 0.3) is 0 Å². The first kappa shape index (κ1) is 12.0. The number of nitrogens with one attached hydrogen (secondary N) is 2. The number of carbonyl (C=O) groups excluding carboxylic acids is 1. The van der Waals surface area contributed by atoms with E-state index in [1.165, 1.54) is 12.4 Å². The molecular weight excluding hydrogens is 230 g/mol. The number of amides is 1. The molecule has 0 aliphatic heterocycles. The molecule has 0 spiro atoms. The SMILES string of the molecule is Cc1ccnc(NC(=O)c2ccncc2NN)c1. The summed E-state index contributed by atoms with van der Waals surface area (Å²) in [6.45, 7) is 1.93. The first-order valence-corrected chi connectivity index (χ1v) is 5.35. The lowest BCUT2D eigenvalue weighted by Crippen LogP contribution is -2.18. The third-order valence-corrected chi connectivity index (χ3v) is 2.38. The molecule has 92 valence electrons. The minimum absolute atomic E-state index is 0.288. The van der Waals surface area contributed by atoms with E-state index in [9.17, 15) is 4.79 Å². The summed E-state index contributed by atoms with van der Waals surface area (Å²) in [7, 11) is 0. The van der Waals surface area contributed by atoms with Gasteiger partial charge in [0.05, 0.1) is 17.4 Å². The van der Waals surface area contributed by atoms with Crippen LogP contribution in [-0.2, 0) is 0 Å². The van der Waals surface area contributed by atoms with Crippen molar-refractivity contribution in [1.29, 1.82) is 0 Å². The van der Waals surface area contributed by atoms with Gasteiger partial charge in [0.15, 0.2) is 0 Å². The highest BCUT2D eigenvalue weighted by Gasteiger charge is 2.11. The van der Waals surface area contributed by atoms with Gasteiger partial charge >= 0.3 is 0 Å². The van der Waals surface area contributed by atoms with Crippen molar-refractivity contribution in [3.63, 3.8) is 0 Å². The summed E-state index contributed by atoms with van der Waals surface area (Å²) in [5.74, 6) is 5.53. The number of carbonyl (C=O) groups is 1. The lowest BCUT2D eigenvalue weighted by molar-refractivity contribution is 0.102. The number of pyridine rings is 2. The van der Waals surface area contributed by atoms with Gasteiger partial charge in [0.2, 0.25) is 0 Å². The summed E-state index contributed by atoms with van der Waals surface area (Å²) in [5, 5.41) is 2.70. The average Bonchev–Trinajstić information content (AvgIpc) is 2.38. The van der Waals surface area contributed by atoms with Crippen LogP contribution in [0.4, 0.5) is 11.5 Å². The van der Waals surface area contributed by atoms with Crippen molar-refractivity contribution in [3.05, 3.63) is 47.9 Å². The van der Waals surface area contributed by atoms with Crippen LogP contribution in [0.2, 0.25) is 0 Å². The molecule has 2 aromatic rings. The van der Waals surface area contributed by atoms with Crippen molar-refractivity contribution in [2.75, 3.05) is 10.7 Å². The molecule has 0 atom stereocenters. The molecular formula is C12H13N5O. The Balaban J connectivity index is 2.22. The Bertz CT molecular complexity index is 570. The maximum Gasteiger partial charge on any atom is 0.259 e. The van der Waals surface area contributed by atoms with Crippen LogP contribution in [0.1, 0.15) is 15.9 Å². The zero-order valence-corrected chi connectivity index (χ0v) is 9.84. The number of nitrogens with zero attached hydrogens (tertiary/aromatic N) is 2. The smallest absolute Gasteiger partial charge is 0.259 e. The fraction of sp³-hybridized carbons (Fsp3) is 0.0833. The maximum absolute atomic E-state index is 12.0. The van der Waals surface area contributed by atoms with E-state index in [2.05, 4.69) is 20.7 Å². The first-order chi connectivity index (χ1) is 8.70. The van der Waals surface area contributed by atoms with Crippen LogP contribution in [0.15, 0.2) is 36.8 Å². The Hall–Kier alpha value is -2.47. The van der Waals surface area contributed by atoms with Gasteiger partial charge in [-0.15, -0.1) is 0 Å². The summed E-state index contributed by atoms with van der Waals surface area (Å²) in [6, 6.07) is 5.23. The number of hydrazine groups is 1. The minimum atomic E-state index is -0.288. The Labute approximate surface area is 104 Å². The van der Waals surface area contributed by atoms with Crippen molar-refractivity contribution >= 4 is 17.4 Å². The summed E-state index contributed by atoms with van der Waals surface area (Å²) in [5.41, 5.74) is 4.32. The van der Waals surface area contributed by atoms with Crippen LogP contribution in [0.5, 0.6) is 0 Å². The molecule has 0 bridgehead atoms. The number of aromatic nitrogens is 2. The monoisotopic (exact) mass is 243 g/mol. The van der Waals surface area contributed by atoms with E-state index in [1.807, 2.05) is 13.0 Å². The van der Waals surface area contributed by atoms with Crippen molar-refractivity contribution in [2.24, 2.45) is 5.84 Å². The van der Waals surface area contributed by atoms with Crippen LogP contribution in [0.3, 0.4) is 0 Å². The molecule has 0 saturated heterocycles. The second-order valence-corrected chi connectivity index (χ2v) is 3.74. The zero-order valence-electron chi connectivity index (χ0n) is 9.84. The van der Waals surface area contributed by atoms with E-state index >= 15 is 0 Å². The molecule has 0 fully saturated rings. The number of anilines is 2. The molecule has 2 rings (SSSR count). The van der Waals surface area contributed by atoms with E-state index in [-0.39, 0.29) is 5.91 Å². The van der Waals surface area contributed by atoms with Crippen molar-refractivity contribution in [3.8, 4) is 0 Å². The third-order valence-electron chi connectivity index (χ3n) is 2.38. The maximum atomic E-state index is 12.0. The molecule has 6 heteroatoms. The van der Waals surface area contributed by atoms with E-state index in [4.69, 9.17) is 5.84 Å². The van der Waals surface area contributed by atoms with Crippen LogP contribution in [-0.4, -0.2) is 15.9 Å². The van der Waals surface area contributed by atoms with Gasteiger partial charge in [-0.2, -0.15) is 0 Å². The number of hydrogen-bond donors (Lipinski definition) is 3. The molecule has 0 saturated carbocycles. The molecule has 2 heterocycles. The van der Waals surface area contributed by atoms with Gasteiger partial charge in [0, 0.05) is 12.4 Å². The van der Waals surface area contributed by atoms with Crippen molar-refractivity contribution < 1.29 is 4.79 Å². The number of nitrogen functional groups attached to an aromatic ring is 1. The van der Waals surface area contributed by atoms with Gasteiger partial charge in [-0.1, -0.05) is 0 Å². The number of aryl methyl sites for hydroxylation is 1. The normalized spacial score (nSPS) is 9.89. The summed E-state index contributed by atoms with van der Waals surface area (Å²) in [6.07, 6.45) is 4.65. The predicted molar refractivity (Wildman–Crippen MR) is 69.0 cm³/mol. The molecule has 6 nitrogen and oxygen atoms in total. The van der Waals surface area contributed by atoms with Gasteiger partial charge < -0.3 is 10.7 Å². The lowest BCUT2D eigenvalue weighted by atomic mass is 10.2. The van der Waals surface area contributed by atoms with Crippen LogP contribution < -0.4 is 16.6 Å². The van der Waals surface area contributed by atoms with Crippen molar-refractivity contribution in [2.45, 2.75) is 6.92 Å².